The number of fused-ring (bicyclic) bond motifs is 1. The molecule has 0 aliphatic rings. The Labute approximate surface area is 82.9 Å². The molecule has 0 spiro atoms. The molecule has 3 nitrogen and oxygen atoms in total. The smallest absolute Gasteiger partial charge is 0.258 e. The van der Waals surface area contributed by atoms with Crippen LogP contribution in [0.1, 0.15) is 5.56 Å². The average Bonchev–Trinajstić information content (AvgIpc) is 2.18. The second kappa shape index (κ2) is 3.30. The molecule has 2 aromatic rings. The number of aromatic nitrogens is 2. The number of benzene rings is 1. The van der Waals surface area contributed by atoms with Crippen LogP contribution in [0, 0.1) is 0 Å². The van der Waals surface area contributed by atoms with Gasteiger partial charge < -0.3 is 4.98 Å². The highest BCUT2D eigenvalue weighted by Gasteiger charge is 2.02. The lowest BCUT2D eigenvalue weighted by molar-refractivity contribution is 1.16. The number of nitrogens with one attached hydrogen (secondary N) is 1. The van der Waals surface area contributed by atoms with Crippen molar-refractivity contribution in [2.75, 3.05) is 0 Å². The Morgan fingerprint density at radius 3 is 3.08 bits per heavy atom. The van der Waals surface area contributed by atoms with Gasteiger partial charge in [0.2, 0.25) is 0 Å². The largest absolute Gasteiger partial charge is 0.313 e. The van der Waals surface area contributed by atoms with E-state index in [0.717, 1.165) is 11.1 Å². The van der Waals surface area contributed by atoms with Crippen LogP contribution in [0.25, 0.3) is 10.9 Å². The van der Waals surface area contributed by atoms with Gasteiger partial charge in [0.05, 0.1) is 17.2 Å². The number of para-hydroxylation sites is 1. The number of nitrogens with zero attached hydrogens (tertiary/aromatic N) is 1. The summed E-state index contributed by atoms with van der Waals surface area (Å²) in [5.41, 5.74) is 1.71. The van der Waals surface area contributed by atoms with E-state index in [9.17, 15) is 4.79 Å². The molecule has 4 heteroatoms. The highest BCUT2D eigenvalue weighted by molar-refractivity contribution is 9.08. The summed E-state index contributed by atoms with van der Waals surface area (Å²) >= 11 is 3.35. The molecule has 1 N–H and O–H groups in total. The summed E-state index contributed by atoms with van der Waals surface area (Å²) in [6.07, 6.45) is 1.43. The Hall–Kier alpha value is -1.16. The van der Waals surface area contributed by atoms with Gasteiger partial charge in [-0.3, -0.25) is 4.79 Å². The molecule has 1 heterocycles. The molecule has 0 fully saturated rings. The molecule has 1 aromatic heterocycles. The first-order valence-electron chi connectivity index (χ1n) is 3.84. The van der Waals surface area contributed by atoms with Crippen molar-refractivity contribution in [1.82, 2.24) is 9.97 Å². The van der Waals surface area contributed by atoms with Crippen molar-refractivity contribution in [2.24, 2.45) is 0 Å². The van der Waals surface area contributed by atoms with Crippen molar-refractivity contribution in [3.63, 3.8) is 0 Å². The normalized spacial score (nSPS) is 10.5. The maximum atomic E-state index is 11.3. The molecule has 2 rings (SSSR count). The summed E-state index contributed by atoms with van der Waals surface area (Å²) in [4.78, 5) is 18.0. The van der Waals surface area contributed by atoms with Gasteiger partial charge in [-0.15, -0.1) is 0 Å². The number of hydrogen-bond acceptors (Lipinski definition) is 2. The molecule has 0 aliphatic heterocycles. The van der Waals surface area contributed by atoms with Gasteiger partial charge in [0, 0.05) is 5.33 Å². The van der Waals surface area contributed by atoms with Crippen molar-refractivity contribution in [3.05, 3.63) is 40.4 Å². The summed E-state index contributed by atoms with van der Waals surface area (Å²) in [6.45, 7) is 0. The Morgan fingerprint density at radius 1 is 1.46 bits per heavy atom. The van der Waals surface area contributed by atoms with Crippen LogP contribution >= 0.6 is 15.9 Å². The second-order valence-electron chi connectivity index (χ2n) is 2.68. The predicted octanol–water partition coefficient (Wildman–Crippen LogP) is 1.82. The molecule has 1 aromatic carbocycles. The van der Waals surface area contributed by atoms with Gasteiger partial charge in [-0.2, -0.15) is 0 Å². The molecule has 0 bridgehead atoms. The highest BCUT2D eigenvalue weighted by Crippen LogP contribution is 2.14. The first-order chi connectivity index (χ1) is 6.33. The number of H-pyrrole nitrogens is 1. The number of aromatic amines is 1. The third kappa shape index (κ3) is 1.37. The van der Waals surface area contributed by atoms with Crippen LogP contribution in [0.3, 0.4) is 0 Å². The fraction of sp³-hybridized carbons (Fsp3) is 0.111. The van der Waals surface area contributed by atoms with Crippen molar-refractivity contribution in [3.8, 4) is 0 Å². The molecule has 0 unspecified atom stereocenters. The van der Waals surface area contributed by atoms with Crippen molar-refractivity contribution in [1.29, 1.82) is 0 Å². The van der Waals surface area contributed by atoms with E-state index < -0.39 is 0 Å². The summed E-state index contributed by atoms with van der Waals surface area (Å²) in [5.74, 6) is 0. The Morgan fingerprint density at radius 2 is 2.31 bits per heavy atom. The van der Waals surface area contributed by atoms with Crippen molar-refractivity contribution < 1.29 is 0 Å². The molecule has 0 atom stereocenters. The van der Waals surface area contributed by atoms with E-state index in [-0.39, 0.29) is 5.56 Å². The number of halogens is 1. The Kier molecular flexibility index (Phi) is 2.14. The van der Waals surface area contributed by atoms with E-state index in [1.807, 2.05) is 12.1 Å². The quantitative estimate of drug-likeness (QED) is 0.771. The molecule has 0 saturated heterocycles. The van der Waals surface area contributed by atoms with Gasteiger partial charge in [0.1, 0.15) is 0 Å². The molecule has 0 amide bonds. The van der Waals surface area contributed by atoms with Crippen LogP contribution in [0.5, 0.6) is 0 Å². The van der Waals surface area contributed by atoms with E-state index >= 15 is 0 Å². The lowest BCUT2D eigenvalue weighted by Gasteiger charge is -1.99. The first-order valence-corrected chi connectivity index (χ1v) is 4.96. The third-order valence-corrected chi connectivity index (χ3v) is 2.50. The van der Waals surface area contributed by atoms with E-state index in [0.29, 0.717) is 10.7 Å². The van der Waals surface area contributed by atoms with Crippen LogP contribution < -0.4 is 5.56 Å². The molecule has 0 radical (unpaired) electrons. The minimum Gasteiger partial charge on any atom is -0.313 e. The molecule has 13 heavy (non-hydrogen) atoms. The second-order valence-corrected chi connectivity index (χ2v) is 3.24. The number of hydrogen-bond donors (Lipinski definition) is 1. The molecular formula is C9H7BrN2O. The maximum Gasteiger partial charge on any atom is 0.258 e. The lowest BCUT2D eigenvalue weighted by atomic mass is 10.1. The number of alkyl halides is 1. The van der Waals surface area contributed by atoms with Crippen LogP contribution in [0.15, 0.2) is 29.3 Å². The topological polar surface area (TPSA) is 45.8 Å². The molecule has 0 saturated carbocycles. The van der Waals surface area contributed by atoms with Crippen molar-refractivity contribution >= 4 is 26.8 Å². The van der Waals surface area contributed by atoms with E-state index in [2.05, 4.69) is 25.9 Å². The first kappa shape index (κ1) is 8.44. The Balaban J connectivity index is 2.92. The fourth-order valence-corrected chi connectivity index (χ4v) is 1.72. The molecular weight excluding hydrogens is 232 g/mol. The summed E-state index contributed by atoms with van der Waals surface area (Å²) in [7, 11) is 0. The summed E-state index contributed by atoms with van der Waals surface area (Å²) in [5, 5.41) is 1.35. The lowest BCUT2D eigenvalue weighted by Crippen LogP contribution is -2.06. The van der Waals surface area contributed by atoms with E-state index in [4.69, 9.17) is 0 Å². The van der Waals surface area contributed by atoms with Gasteiger partial charge >= 0.3 is 0 Å². The van der Waals surface area contributed by atoms with Crippen molar-refractivity contribution in [2.45, 2.75) is 5.33 Å². The average molecular weight is 239 g/mol. The minimum absolute atomic E-state index is 0.0900. The summed E-state index contributed by atoms with van der Waals surface area (Å²) < 4.78 is 0. The standard InChI is InChI=1S/C9H7BrN2O/c10-4-6-2-1-3-7-8(6)11-5-12-9(7)13/h1-3,5H,4H2,(H,11,12,13). The van der Waals surface area contributed by atoms with Crippen LogP contribution in [-0.2, 0) is 5.33 Å². The third-order valence-electron chi connectivity index (χ3n) is 1.90. The van der Waals surface area contributed by atoms with Crippen LogP contribution in [-0.4, -0.2) is 9.97 Å². The SMILES string of the molecule is O=c1[nH]cnc2c(CBr)cccc12. The zero-order chi connectivity index (χ0) is 9.26. The van der Waals surface area contributed by atoms with Gasteiger partial charge in [-0.1, -0.05) is 28.1 Å². The van der Waals surface area contributed by atoms with Gasteiger partial charge in [0.15, 0.2) is 0 Å². The van der Waals surface area contributed by atoms with Gasteiger partial charge in [-0.25, -0.2) is 4.98 Å². The maximum absolute atomic E-state index is 11.3. The van der Waals surface area contributed by atoms with Gasteiger partial charge in [0.25, 0.3) is 5.56 Å². The Bertz CT molecular complexity index is 492. The number of rotatable bonds is 1. The van der Waals surface area contributed by atoms with E-state index in [1.165, 1.54) is 6.33 Å². The monoisotopic (exact) mass is 238 g/mol. The fourth-order valence-electron chi connectivity index (χ4n) is 1.27. The zero-order valence-electron chi connectivity index (χ0n) is 6.75. The predicted molar refractivity (Wildman–Crippen MR) is 55.0 cm³/mol. The van der Waals surface area contributed by atoms with Gasteiger partial charge in [-0.05, 0) is 11.6 Å². The molecule has 66 valence electrons. The zero-order valence-corrected chi connectivity index (χ0v) is 8.34. The van der Waals surface area contributed by atoms with Crippen LogP contribution in [0.4, 0.5) is 0 Å². The molecule has 0 aliphatic carbocycles. The van der Waals surface area contributed by atoms with E-state index in [1.54, 1.807) is 6.07 Å². The minimum atomic E-state index is -0.0900. The highest BCUT2D eigenvalue weighted by atomic mass is 79.9. The van der Waals surface area contributed by atoms with Crippen LogP contribution in [0.2, 0.25) is 0 Å². The summed E-state index contributed by atoms with van der Waals surface area (Å²) in [6, 6.07) is 5.58.